The van der Waals surface area contributed by atoms with Crippen molar-refractivity contribution in [3.05, 3.63) is 36.4 Å². The van der Waals surface area contributed by atoms with Crippen molar-refractivity contribution >= 4 is 16.7 Å². The molecule has 1 heterocycles. The lowest BCUT2D eigenvalue weighted by molar-refractivity contribution is 0.338. The van der Waals surface area contributed by atoms with E-state index in [9.17, 15) is 0 Å². The zero-order valence-corrected chi connectivity index (χ0v) is 14.1. The highest BCUT2D eigenvalue weighted by molar-refractivity contribution is 5.80. The molecule has 0 bridgehead atoms. The highest BCUT2D eigenvalue weighted by atomic mass is 15.2. The Morgan fingerprint density at radius 3 is 1.96 bits per heavy atom. The number of hydrogen-bond donors (Lipinski definition) is 0. The maximum Gasteiger partial charge on any atom is 0.129 e. The minimum atomic E-state index is 0.709. The molecule has 0 radical (unpaired) electrons. The number of nitrogens with zero attached hydrogens (tertiary/aromatic N) is 2. The first kappa shape index (κ1) is 15.0. The van der Waals surface area contributed by atoms with E-state index in [0.29, 0.717) is 12.1 Å². The van der Waals surface area contributed by atoms with Crippen LogP contribution in [0.1, 0.15) is 64.2 Å². The number of rotatable bonds is 3. The lowest BCUT2D eigenvalue weighted by Gasteiger charge is -2.42. The number of anilines is 1. The van der Waals surface area contributed by atoms with Crippen LogP contribution >= 0.6 is 0 Å². The zero-order valence-electron chi connectivity index (χ0n) is 14.1. The summed E-state index contributed by atoms with van der Waals surface area (Å²) in [5, 5.41) is 1.25. The second-order valence-electron chi connectivity index (χ2n) is 7.35. The third-order valence-corrected chi connectivity index (χ3v) is 5.78. The summed E-state index contributed by atoms with van der Waals surface area (Å²) >= 11 is 0. The Morgan fingerprint density at radius 1 is 0.696 bits per heavy atom. The molecule has 0 aliphatic heterocycles. The van der Waals surface area contributed by atoms with Gasteiger partial charge < -0.3 is 4.90 Å². The van der Waals surface area contributed by atoms with Gasteiger partial charge in [-0.2, -0.15) is 0 Å². The predicted octanol–water partition coefficient (Wildman–Crippen LogP) is 5.71. The van der Waals surface area contributed by atoms with E-state index in [0.717, 1.165) is 5.52 Å². The van der Waals surface area contributed by atoms with Crippen molar-refractivity contribution in [1.29, 1.82) is 0 Å². The van der Waals surface area contributed by atoms with Gasteiger partial charge in [-0.15, -0.1) is 0 Å². The molecule has 2 nitrogen and oxygen atoms in total. The first-order valence-electron chi connectivity index (χ1n) is 9.56. The summed E-state index contributed by atoms with van der Waals surface area (Å²) in [6.45, 7) is 0. The molecule has 0 spiro atoms. The summed E-state index contributed by atoms with van der Waals surface area (Å²) in [4.78, 5) is 7.78. The Balaban J connectivity index is 1.69. The summed E-state index contributed by atoms with van der Waals surface area (Å²) in [5.41, 5.74) is 1.14. The van der Waals surface area contributed by atoms with Gasteiger partial charge in [0.15, 0.2) is 0 Å². The minimum absolute atomic E-state index is 0.709. The average molecular weight is 308 g/mol. The topological polar surface area (TPSA) is 16.1 Å². The molecule has 23 heavy (non-hydrogen) atoms. The van der Waals surface area contributed by atoms with E-state index in [-0.39, 0.29) is 0 Å². The molecule has 2 aliphatic rings. The number of fused-ring (bicyclic) bond motifs is 1. The summed E-state index contributed by atoms with van der Waals surface area (Å²) in [6.07, 6.45) is 13.8. The molecule has 2 aromatic rings. The highest BCUT2D eigenvalue weighted by Gasteiger charge is 2.29. The van der Waals surface area contributed by atoms with E-state index in [2.05, 4.69) is 41.3 Å². The van der Waals surface area contributed by atoms with Gasteiger partial charge in [0.1, 0.15) is 5.82 Å². The third-order valence-electron chi connectivity index (χ3n) is 5.78. The van der Waals surface area contributed by atoms with Gasteiger partial charge in [-0.25, -0.2) is 4.98 Å². The molecule has 0 unspecified atom stereocenters. The molecule has 2 fully saturated rings. The smallest absolute Gasteiger partial charge is 0.129 e. The van der Waals surface area contributed by atoms with Crippen LogP contribution in [0.3, 0.4) is 0 Å². The summed E-state index contributed by atoms with van der Waals surface area (Å²) in [5.74, 6) is 1.22. The Kier molecular flexibility index (Phi) is 4.50. The highest BCUT2D eigenvalue weighted by Crippen LogP contribution is 2.34. The zero-order chi connectivity index (χ0) is 15.5. The van der Waals surface area contributed by atoms with Crippen LogP contribution in [0.2, 0.25) is 0 Å². The molecular formula is C21H28N2. The van der Waals surface area contributed by atoms with Gasteiger partial charge in [-0.05, 0) is 43.9 Å². The third kappa shape index (κ3) is 3.22. The van der Waals surface area contributed by atoms with Crippen LogP contribution in [-0.2, 0) is 0 Å². The summed E-state index contributed by atoms with van der Waals surface area (Å²) in [7, 11) is 0. The van der Waals surface area contributed by atoms with Gasteiger partial charge in [0.25, 0.3) is 0 Å². The normalized spacial score (nSPS) is 20.7. The number of aromatic nitrogens is 1. The van der Waals surface area contributed by atoms with Crippen LogP contribution < -0.4 is 4.90 Å². The van der Waals surface area contributed by atoms with E-state index in [1.54, 1.807) is 0 Å². The Labute approximate surface area is 139 Å². The molecule has 0 N–H and O–H groups in total. The van der Waals surface area contributed by atoms with Crippen LogP contribution in [-0.4, -0.2) is 17.1 Å². The monoisotopic (exact) mass is 308 g/mol. The molecule has 2 heteroatoms. The minimum Gasteiger partial charge on any atom is -0.351 e. The van der Waals surface area contributed by atoms with Crippen molar-refractivity contribution in [2.75, 3.05) is 4.90 Å². The van der Waals surface area contributed by atoms with Crippen LogP contribution in [0.25, 0.3) is 10.9 Å². The molecule has 1 aromatic carbocycles. The van der Waals surface area contributed by atoms with Gasteiger partial charge in [0.2, 0.25) is 0 Å². The van der Waals surface area contributed by atoms with Crippen molar-refractivity contribution in [3.8, 4) is 0 Å². The molecule has 0 saturated heterocycles. The maximum absolute atomic E-state index is 5.05. The van der Waals surface area contributed by atoms with Crippen molar-refractivity contribution in [1.82, 2.24) is 4.98 Å². The van der Waals surface area contributed by atoms with E-state index < -0.39 is 0 Å². The van der Waals surface area contributed by atoms with Crippen molar-refractivity contribution in [2.24, 2.45) is 0 Å². The molecule has 2 saturated carbocycles. The summed E-state index contributed by atoms with van der Waals surface area (Å²) < 4.78 is 0. The van der Waals surface area contributed by atoms with Crippen molar-refractivity contribution in [3.63, 3.8) is 0 Å². The first-order valence-corrected chi connectivity index (χ1v) is 9.56. The fourth-order valence-electron chi connectivity index (χ4n) is 4.59. The number of hydrogen-bond acceptors (Lipinski definition) is 2. The first-order chi connectivity index (χ1) is 11.4. The van der Waals surface area contributed by atoms with Gasteiger partial charge in [-0.3, -0.25) is 0 Å². The molecule has 0 atom stereocenters. The molecule has 1 aromatic heterocycles. The van der Waals surface area contributed by atoms with Crippen LogP contribution in [0.4, 0.5) is 5.82 Å². The van der Waals surface area contributed by atoms with E-state index in [4.69, 9.17) is 4.98 Å². The van der Waals surface area contributed by atoms with Crippen molar-refractivity contribution < 1.29 is 0 Å². The second kappa shape index (κ2) is 6.90. The quantitative estimate of drug-likeness (QED) is 0.722. The fourth-order valence-corrected chi connectivity index (χ4v) is 4.59. The molecule has 122 valence electrons. The Hall–Kier alpha value is -1.57. The van der Waals surface area contributed by atoms with Crippen LogP contribution in [0.15, 0.2) is 36.4 Å². The number of benzene rings is 1. The maximum atomic E-state index is 5.05. The average Bonchev–Trinajstić information content (AvgIpc) is 2.64. The van der Waals surface area contributed by atoms with E-state index in [1.165, 1.54) is 75.4 Å². The second-order valence-corrected chi connectivity index (χ2v) is 7.35. The molecule has 4 rings (SSSR count). The van der Waals surface area contributed by atoms with E-state index in [1.807, 2.05) is 0 Å². The summed E-state index contributed by atoms with van der Waals surface area (Å²) in [6, 6.07) is 14.5. The predicted molar refractivity (Wildman–Crippen MR) is 98.0 cm³/mol. The standard InChI is InChI=1S/C21H28N2/c1-3-10-18(11-4-1)23(19-12-5-2-6-13-19)21-16-15-17-9-7-8-14-20(17)22-21/h7-9,14-16,18-19H,1-6,10-13H2. The van der Waals surface area contributed by atoms with E-state index >= 15 is 0 Å². The lowest BCUT2D eigenvalue weighted by atomic mass is 9.88. The van der Waals surface area contributed by atoms with Crippen LogP contribution in [0, 0.1) is 0 Å². The fraction of sp³-hybridized carbons (Fsp3) is 0.571. The number of pyridine rings is 1. The molecule has 2 aliphatic carbocycles. The van der Waals surface area contributed by atoms with Gasteiger partial charge in [-0.1, -0.05) is 56.7 Å². The van der Waals surface area contributed by atoms with Gasteiger partial charge in [0.05, 0.1) is 5.52 Å². The lowest BCUT2D eigenvalue weighted by Crippen LogP contribution is -2.45. The van der Waals surface area contributed by atoms with Crippen molar-refractivity contribution in [2.45, 2.75) is 76.3 Å². The van der Waals surface area contributed by atoms with Gasteiger partial charge >= 0.3 is 0 Å². The van der Waals surface area contributed by atoms with Crippen LogP contribution in [0.5, 0.6) is 0 Å². The largest absolute Gasteiger partial charge is 0.351 e. The number of para-hydroxylation sites is 1. The van der Waals surface area contributed by atoms with Gasteiger partial charge in [0, 0.05) is 17.5 Å². The molecular weight excluding hydrogens is 280 g/mol. The Bertz CT molecular complexity index is 621. The molecule has 0 amide bonds. The Morgan fingerprint density at radius 2 is 1.30 bits per heavy atom. The SMILES string of the molecule is c1ccc2nc(N(C3CCCCC3)C3CCCCC3)ccc2c1.